The summed E-state index contributed by atoms with van der Waals surface area (Å²) in [4.78, 5) is 6.50. The van der Waals surface area contributed by atoms with Crippen molar-refractivity contribution in [3.05, 3.63) is 72.2 Å². The molecule has 0 aliphatic heterocycles. The second-order valence-electron chi connectivity index (χ2n) is 5.73. The Labute approximate surface area is 136 Å². The van der Waals surface area contributed by atoms with Gasteiger partial charge in [-0.05, 0) is 50.0 Å². The number of nitrogens with one attached hydrogen (secondary N) is 1. The van der Waals surface area contributed by atoms with Gasteiger partial charge in [-0.3, -0.25) is 0 Å². The lowest BCUT2D eigenvalue weighted by atomic mass is 10.2. The van der Waals surface area contributed by atoms with Crippen LogP contribution in [0.15, 0.2) is 60.9 Å². The number of para-hydroxylation sites is 1. The van der Waals surface area contributed by atoms with Crippen LogP contribution >= 0.6 is 0 Å². The molecule has 1 N–H and O–H groups in total. The summed E-state index contributed by atoms with van der Waals surface area (Å²) in [6.07, 6.45) is 3.81. The Morgan fingerprint density at radius 3 is 2.70 bits per heavy atom. The second-order valence-corrected chi connectivity index (χ2v) is 5.73. The highest BCUT2D eigenvalue weighted by molar-refractivity contribution is 5.38. The van der Waals surface area contributed by atoms with E-state index in [0.29, 0.717) is 6.54 Å². The first kappa shape index (κ1) is 15.2. The summed E-state index contributed by atoms with van der Waals surface area (Å²) in [6.45, 7) is 1.55. The van der Waals surface area contributed by atoms with Gasteiger partial charge >= 0.3 is 0 Å². The highest BCUT2D eigenvalue weighted by Crippen LogP contribution is 2.11. The first-order valence-electron chi connectivity index (χ1n) is 7.64. The molecule has 0 radical (unpaired) electrons. The summed E-state index contributed by atoms with van der Waals surface area (Å²) in [5.41, 5.74) is 3.28. The molecule has 0 saturated heterocycles. The Kier molecular flexibility index (Phi) is 4.68. The van der Waals surface area contributed by atoms with Crippen molar-refractivity contribution in [2.24, 2.45) is 0 Å². The number of benzene rings is 1. The second kappa shape index (κ2) is 7.07. The minimum absolute atomic E-state index is 0.651. The van der Waals surface area contributed by atoms with Gasteiger partial charge in [0, 0.05) is 18.9 Å². The lowest BCUT2D eigenvalue weighted by Gasteiger charge is -2.11. The van der Waals surface area contributed by atoms with Gasteiger partial charge in [0.15, 0.2) is 0 Å². The molecule has 0 bridgehead atoms. The van der Waals surface area contributed by atoms with Crippen LogP contribution in [0, 0.1) is 0 Å². The van der Waals surface area contributed by atoms with Crippen LogP contribution in [0.2, 0.25) is 0 Å². The van der Waals surface area contributed by atoms with Crippen molar-refractivity contribution in [1.82, 2.24) is 19.7 Å². The van der Waals surface area contributed by atoms with Crippen molar-refractivity contribution >= 4 is 5.82 Å². The number of anilines is 1. The number of hydrogen-bond acceptors (Lipinski definition) is 4. The molecule has 0 aliphatic carbocycles. The third-order valence-corrected chi connectivity index (χ3v) is 3.44. The van der Waals surface area contributed by atoms with E-state index >= 15 is 0 Å². The molecule has 1 aromatic carbocycles. The van der Waals surface area contributed by atoms with E-state index in [-0.39, 0.29) is 0 Å². The monoisotopic (exact) mass is 307 g/mol. The Hall–Kier alpha value is -2.66. The average molecular weight is 307 g/mol. The maximum Gasteiger partial charge on any atom is 0.126 e. The zero-order valence-electron chi connectivity index (χ0n) is 13.5. The quantitative estimate of drug-likeness (QED) is 0.760. The van der Waals surface area contributed by atoms with E-state index in [1.165, 1.54) is 5.56 Å². The number of aromatic nitrogens is 3. The standard InChI is InChI=1S/C18H21N5/c1-22(2)14-15-8-10-19-18(12-15)20-13-16-9-11-23(21-16)17-6-4-3-5-7-17/h3-12H,13-14H2,1-2H3,(H,19,20). The van der Waals surface area contributed by atoms with Gasteiger partial charge in [0.25, 0.3) is 0 Å². The zero-order chi connectivity index (χ0) is 16.1. The molecule has 0 atom stereocenters. The van der Waals surface area contributed by atoms with Gasteiger partial charge in [-0.1, -0.05) is 18.2 Å². The van der Waals surface area contributed by atoms with Crippen molar-refractivity contribution in [2.75, 3.05) is 19.4 Å². The Bertz CT molecular complexity index is 749. The number of pyridine rings is 1. The summed E-state index contributed by atoms with van der Waals surface area (Å²) in [5.74, 6) is 0.874. The van der Waals surface area contributed by atoms with Crippen molar-refractivity contribution in [1.29, 1.82) is 0 Å². The van der Waals surface area contributed by atoms with Crippen LogP contribution in [-0.4, -0.2) is 33.8 Å². The molecule has 0 amide bonds. The summed E-state index contributed by atoms with van der Waals surface area (Å²) >= 11 is 0. The number of hydrogen-bond donors (Lipinski definition) is 1. The fourth-order valence-corrected chi connectivity index (χ4v) is 2.40. The van der Waals surface area contributed by atoms with Crippen molar-refractivity contribution in [3.8, 4) is 5.69 Å². The maximum absolute atomic E-state index is 4.58. The molecule has 0 unspecified atom stereocenters. The van der Waals surface area contributed by atoms with Gasteiger partial charge in [0.2, 0.25) is 0 Å². The Balaban J connectivity index is 1.64. The van der Waals surface area contributed by atoms with Crippen LogP contribution in [0.25, 0.3) is 5.69 Å². The van der Waals surface area contributed by atoms with E-state index in [9.17, 15) is 0 Å². The Morgan fingerprint density at radius 2 is 1.91 bits per heavy atom. The van der Waals surface area contributed by atoms with Crippen LogP contribution in [0.4, 0.5) is 5.82 Å². The molecule has 0 fully saturated rings. The minimum Gasteiger partial charge on any atom is -0.364 e. The van der Waals surface area contributed by atoms with Crippen molar-refractivity contribution in [2.45, 2.75) is 13.1 Å². The molecule has 0 saturated carbocycles. The van der Waals surface area contributed by atoms with E-state index in [2.05, 4.69) is 40.5 Å². The zero-order valence-corrected chi connectivity index (χ0v) is 13.5. The molecule has 23 heavy (non-hydrogen) atoms. The van der Waals surface area contributed by atoms with Gasteiger partial charge in [-0.15, -0.1) is 0 Å². The molecule has 118 valence electrons. The largest absolute Gasteiger partial charge is 0.364 e. The van der Waals surface area contributed by atoms with Gasteiger partial charge in [-0.2, -0.15) is 5.10 Å². The van der Waals surface area contributed by atoms with E-state index in [0.717, 1.165) is 23.7 Å². The first-order chi connectivity index (χ1) is 11.2. The van der Waals surface area contributed by atoms with Crippen LogP contribution in [-0.2, 0) is 13.1 Å². The third kappa shape index (κ3) is 4.17. The maximum atomic E-state index is 4.58. The predicted octanol–water partition coefficient (Wildman–Crippen LogP) is 2.94. The molecule has 2 aromatic heterocycles. The third-order valence-electron chi connectivity index (χ3n) is 3.44. The van der Waals surface area contributed by atoms with E-state index < -0.39 is 0 Å². The van der Waals surface area contributed by atoms with Crippen LogP contribution in [0.3, 0.4) is 0 Å². The summed E-state index contributed by atoms with van der Waals surface area (Å²) < 4.78 is 1.88. The molecule has 5 nitrogen and oxygen atoms in total. The van der Waals surface area contributed by atoms with E-state index in [4.69, 9.17) is 0 Å². The predicted molar refractivity (Wildman–Crippen MR) is 92.5 cm³/mol. The lowest BCUT2D eigenvalue weighted by Crippen LogP contribution is -2.11. The summed E-state index contributed by atoms with van der Waals surface area (Å²) in [7, 11) is 4.12. The fourth-order valence-electron chi connectivity index (χ4n) is 2.40. The van der Waals surface area contributed by atoms with Crippen LogP contribution in [0.5, 0.6) is 0 Å². The highest BCUT2D eigenvalue weighted by Gasteiger charge is 2.03. The number of rotatable bonds is 6. The smallest absolute Gasteiger partial charge is 0.126 e. The molecule has 0 aliphatic rings. The van der Waals surface area contributed by atoms with Crippen molar-refractivity contribution < 1.29 is 0 Å². The SMILES string of the molecule is CN(C)Cc1ccnc(NCc2ccn(-c3ccccc3)n2)c1. The molecule has 2 heterocycles. The van der Waals surface area contributed by atoms with Gasteiger partial charge in [-0.25, -0.2) is 9.67 Å². The van der Waals surface area contributed by atoms with Gasteiger partial charge in [0.05, 0.1) is 17.9 Å². The van der Waals surface area contributed by atoms with Crippen LogP contribution < -0.4 is 5.32 Å². The molecule has 3 rings (SSSR count). The van der Waals surface area contributed by atoms with E-state index in [1.54, 1.807) is 0 Å². The van der Waals surface area contributed by atoms with E-state index in [1.807, 2.05) is 59.5 Å². The molecule has 3 aromatic rings. The highest BCUT2D eigenvalue weighted by atomic mass is 15.3. The van der Waals surface area contributed by atoms with Crippen molar-refractivity contribution in [3.63, 3.8) is 0 Å². The number of nitrogens with zero attached hydrogens (tertiary/aromatic N) is 4. The molecule has 5 heteroatoms. The normalized spacial score (nSPS) is 10.9. The van der Waals surface area contributed by atoms with Gasteiger partial charge in [0.1, 0.15) is 5.82 Å². The van der Waals surface area contributed by atoms with Gasteiger partial charge < -0.3 is 10.2 Å². The van der Waals surface area contributed by atoms with Crippen LogP contribution in [0.1, 0.15) is 11.3 Å². The topological polar surface area (TPSA) is 46.0 Å². The summed E-state index contributed by atoms with van der Waals surface area (Å²) in [6, 6.07) is 16.2. The first-order valence-corrected chi connectivity index (χ1v) is 7.64. The molecular formula is C18H21N5. The molecule has 0 spiro atoms. The Morgan fingerprint density at radius 1 is 1.09 bits per heavy atom. The summed E-state index contributed by atoms with van der Waals surface area (Å²) in [5, 5.41) is 7.92. The lowest BCUT2D eigenvalue weighted by molar-refractivity contribution is 0.402. The minimum atomic E-state index is 0.651. The molecular weight excluding hydrogens is 286 g/mol. The fraction of sp³-hybridized carbons (Fsp3) is 0.222. The average Bonchev–Trinajstić information content (AvgIpc) is 3.02.